The number of nitrogens with zero attached hydrogens (tertiary/aromatic N) is 4. The molecule has 0 bridgehead atoms. The molecule has 0 atom stereocenters. The molecule has 1 aromatic heterocycles. The number of hydrogen-bond donors (Lipinski definition) is 2. The highest BCUT2D eigenvalue weighted by Gasteiger charge is 2.35. The first-order chi connectivity index (χ1) is 15.7. The predicted octanol–water partition coefficient (Wildman–Crippen LogP) is 4.48. The fourth-order valence-electron chi connectivity index (χ4n) is 5.50. The van der Waals surface area contributed by atoms with Crippen LogP contribution in [0.5, 0.6) is 0 Å². The van der Waals surface area contributed by atoms with Gasteiger partial charge in [-0.2, -0.15) is 9.97 Å². The van der Waals surface area contributed by atoms with Gasteiger partial charge < -0.3 is 20.4 Å². The Balaban J connectivity index is 1.30. The van der Waals surface area contributed by atoms with Crippen molar-refractivity contribution in [2.24, 2.45) is 0 Å². The first kappa shape index (κ1) is 21.4. The van der Waals surface area contributed by atoms with Crippen LogP contribution in [0.3, 0.4) is 0 Å². The number of aromatic nitrogens is 2. The summed E-state index contributed by atoms with van der Waals surface area (Å²) in [5, 5.41) is 7.42. The molecule has 6 nitrogen and oxygen atoms in total. The van der Waals surface area contributed by atoms with Crippen molar-refractivity contribution in [3.8, 4) is 0 Å². The van der Waals surface area contributed by atoms with Gasteiger partial charge in [0.25, 0.3) is 0 Å². The lowest BCUT2D eigenvalue weighted by Crippen LogP contribution is -2.41. The first-order valence-corrected chi connectivity index (χ1v) is 12.6. The molecule has 2 N–H and O–H groups in total. The van der Waals surface area contributed by atoms with E-state index in [0.717, 1.165) is 44.4 Å². The second kappa shape index (κ2) is 9.61. The molecule has 2 saturated heterocycles. The number of anilines is 3. The van der Waals surface area contributed by atoms with Crippen LogP contribution in [0.25, 0.3) is 0 Å². The zero-order valence-electron chi connectivity index (χ0n) is 18.9. The number of benzene rings is 1. The van der Waals surface area contributed by atoms with Crippen LogP contribution in [0.15, 0.2) is 36.4 Å². The summed E-state index contributed by atoms with van der Waals surface area (Å²) in [6.07, 6.45) is 9.87. The van der Waals surface area contributed by atoms with Crippen molar-refractivity contribution in [2.75, 3.05) is 47.8 Å². The van der Waals surface area contributed by atoms with Crippen molar-refractivity contribution in [1.29, 1.82) is 0 Å². The molecule has 7 heteroatoms. The number of hydrogen-bond acceptors (Lipinski definition) is 5. The summed E-state index contributed by atoms with van der Waals surface area (Å²) in [4.78, 5) is 14.4. The number of rotatable bonds is 6. The van der Waals surface area contributed by atoms with E-state index in [0.29, 0.717) is 11.1 Å². The third kappa shape index (κ3) is 4.68. The molecule has 5 rings (SSSR count). The van der Waals surface area contributed by atoms with Crippen molar-refractivity contribution < 1.29 is 0 Å². The second-order valence-corrected chi connectivity index (χ2v) is 9.87. The third-order valence-electron chi connectivity index (χ3n) is 7.32. The highest BCUT2D eigenvalue weighted by Crippen LogP contribution is 2.40. The van der Waals surface area contributed by atoms with Crippen LogP contribution in [0.1, 0.15) is 56.9 Å². The summed E-state index contributed by atoms with van der Waals surface area (Å²) >= 11 is 5.70. The Kier molecular flexibility index (Phi) is 6.44. The van der Waals surface area contributed by atoms with E-state index in [1.807, 2.05) is 0 Å². The van der Waals surface area contributed by atoms with Crippen molar-refractivity contribution in [1.82, 2.24) is 15.3 Å². The van der Waals surface area contributed by atoms with Crippen LogP contribution in [-0.4, -0.2) is 47.8 Å². The summed E-state index contributed by atoms with van der Waals surface area (Å²) in [7, 11) is 0. The molecule has 3 aliphatic rings. The van der Waals surface area contributed by atoms with Crippen LogP contribution >= 0.6 is 12.2 Å². The molecule has 0 unspecified atom stereocenters. The van der Waals surface area contributed by atoms with Crippen molar-refractivity contribution >= 4 is 34.9 Å². The molecule has 0 spiro atoms. The normalized spacial score (nSPS) is 20.0. The standard InChI is InChI=1S/C25H34N6S/c32-24(26-19-25(12-4-5-13-25)20-10-2-1-3-11-20)29-23-27-21(30-14-6-7-15-30)18-22(28-23)31-16-8-9-17-31/h1-3,10-11,18H,4-9,12-17,19H2,(H2,26,27,28,29,32). The molecule has 0 radical (unpaired) electrons. The summed E-state index contributed by atoms with van der Waals surface area (Å²) in [5.74, 6) is 2.64. The minimum atomic E-state index is 0.159. The molecule has 32 heavy (non-hydrogen) atoms. The van der Waals surface area contributed by atoms with Gasteiger partial charge in [0.05, 0.1) is 0 Å². The lowest BCUT2D eigenvalue weighted by atomic mass is 9.79. The molecular weight excluding hydrogens is 416 g/mol. The van der Waals surface area contributed by atoms with Gasteiger partial charge in [-0.05, 0) is 56.3 Å². The zero-order chi connectivity index (χ0) is 21.8. The number of nitrogens with one attached hydrogen (secondary N) is 2. The van der Waals surface area contributed by atoms with Gasteiger partial charge in [0.15, 0.2) is 5.11 Å². The minimum absolute atomic E-state index is 0.159. The average Bonchev–Trinajstić information content (AvgIpc) is 3.61. The Morgan fingerprint density at radius 1 is 0.844 bits per heavy atom. The molecule has 0 amide bonds. The van der Waals surface area contributed by atoms with Crippen LogP contribution in [0, 0.1) is 0 Å². The van der Waals surface area contributed by atoms with Crippen LogP contribution < -0.4 is 20.4 Å². The summed E-state index contributed by atoms with van der Waals surface area (Å²) in [6, 6.07) is 13.0. The molecular formula is C25H34N6S. The Bertz CT molecular complexity index is 881. The minimum Gasteiger partial charge on any atom is -0.361 e. The molecule has 3 fully saturated rings. The van der Waals surface area contributed by atoms with E-state index >= 15 is 0 Å². The largest absolute Gasteiger partial charge is 0.361 e. The highest BCUT2D eigenvalue weighted by molar-refractivity contribution is 7.80. The molecule has 2 aromatic rings. The second-order valence-electron chi connectivity index (χ2n) is 9.46. The Morgan fingerprint density at radius 2 is 1.41 bits per heavy atom. The zero-order valence-corrected chi connectivity index (χ0v) is 19.7. The third-order valence-corrected chi connectivity index (χ3v) is 7.57. The molecule has 2 aliphatic heterocycles. The van der Waals surface area contributed by atoms with Gasteiger partial charge >= 0.3 is 0 Å². The van der Waals surface area contributed by atoms with Gasteiger partial charge in [-0.15, -0.1) is 0 Å². The van der Waals surface area contributed by atoms with Gasteiger partial charge in [0, 0.05) is 44.2 Å². The maximum absolute atomic E-state index is 5.70. The molecule has 170 valence electrons. The molecule has 1 aromatic carbocycles. The van der Waals surface area contributed by atoms with Gasteiger partial charge in [0.1, 0.15) is 11.6 Å². The quantitative estimate of drug-likeness (QED) is 0.630. The lowest BCUT2D eigenvalue weighted by molar-refractivity contribution is 0.435. The van der Waals surface area contributed by atoms with Crippen LogP contribution in [0.4, 0.5) is 17.6 Å². The van der Waals surface area contributed by atoms with E-state index in [1.165, 1.54) is 56.9 Å². The van der Waals surface area contributed by atoms with E-state index in [1.54, 1.807) is 0 Å². The van der Waals surface area contributed by atoms with Gasteiger partial charge in [-0.25, -0.2) is 0 Å². The van der Waals surface area contributed by atoms with E-state index in [4.69, 9.17) is 22.2 Å². The average molecular weight is 451 g/mol. The summed E-state index contributed by atoms with van der Waals surface area (Å²) in [5.41, 5.74) is 1.57. The molecule has 1 aliphatic carbocycles. The maximum atomic E-state index is 5.70. The molecule has 1 saturated carbocycles. The fourth-order valence-corrected chi connectivity index (χ4v) is 5.66. The topological polar surface area (TPSA) is 56.3 Å². The van der Waals surface area contributed by atoms with Crippen LogP contribution in [-0.2, 0) is 5.41 Å². The van der Waals surface area contributed by atoms with Gasteiger partial charge in [-0.3, -0.25) is 0 Å². The highest BCUT2D eigenvalue weighted by atomic mass is 32.1. The lowest BCUT2D eigenvalue weighted by Gasteiger charge is -2.30. The van der Waals surface area contributed by atoms with E-state index in [9.17, 15) is 0 Å². The van der Waals surface area contributed by atoms with E-state index in [-0.39, 0.29) is 5.41 Å². The van der Waals surface area contributed by atoms with Gasteiger partial charge in [-0.1, -0.05) is 43.2 Å². The SMILES string of the molecule is S=C(NCC1(c2ccccc2)CCCC1)Nc1nc(N2CCCC2)cc(N2CCCC2)n1. The van der Waals surface area contributed by atoms with Crippen LogP contribution in [0.2, 0.25) is 0 Å². The summed E-state index contributed by atoms with van der Waals surface area (Å²) < 4.78 is 0. The number of thiocarbonyl (C=S) groups is 1. The Labute approximate surface area is 196 Å². The Morgan fingerprint density at radius 3 is 1.97 bits per heavy atom. The molecule has 3 heterocycles. The van der Waals surface area contributed by atoms with Crippen molar-refractivity contribution in [2.45, 2.75) is 56.8 Å². The monoisotopic (exact) mass is 450 g/mol. The predicted molar refractivity (Wildman–Crippen MR) is 136 cm³/mol. The summed E-state index contributed by atoms with van der Waals surface area (Å²) in [6.45, 7) is 5.11. The van der Waals surface area contributed by atoms with E-state index < -0.39 is 0 Å². The first-order valence-electron chi connectivity index (χ1n) is 12.2. The fraction of sp³-hybridized carbons (Fsp3) is 0.560. The smallest absolute Gasteiger partial charge is 0.232 e. The Hall–Kier alpha value is -2.41. The van der Waals surface area contributed by atoms with Gasteiger partial charge in [0.2, 0.25) is 5.95 Å². The maximum Gasteiger partial charge on any atom is 0.232 e. The van der Waals surface area contributed by atoms with Crippen molar-refractivity contribution in [3.63, 3.8) is 0 Å². The van der Waals surface area contributed by atoms with Crippen molar-refractivity contribution in [3.05, 3.63) is 42.0 Å². The van der Waals surface area contributed by atoms with E-state index in [2.05, 4.69) is 56.8 Å².